The lowest BCUT2D eigenvalue weighted by atomic mass is 10.1. The summed E-state index contributed by atoms with van der Waals surface area (Å²) in [7, 11) is 0. The molecule has 0 atom stereocenters. The summed E-state index contributed by atoms with van der Waals surface area (Å²) < 4.78 is 6.16. The Balaban J connectivity index is 2.13. The van der Waals surface area contributed by atoms with Crippen molar-refractivity contribution in [3.05, 3.63) is 28.6 Å². The second-order valence-corrected chi connectivity index (χ2v) is 4.52. The van der Waals surface area contributed by atoms with Crippen molar-refractivity contribution in [3.8, 4) is 0 Å². The van der Waals surface area contributed by atoms with Crippen LogP contribution in [0.3, 0.4) is 0 Å². The fraction of sp³-hybridized carbons (Fsp3) is 0.273. The van der Waals surface area contributed by atoms with E-state index in [1.165, 1.54) is 18.3 Å². The smallest absolute Gasteiger partial charge is 0.271 e. The number of carbonyl (C=O) groups excluding carboxylic acids is 1. The van der Waals surface area contributed by atoms with Gasteiger partial charge in [0.15, 0.2) is 0 Å². The summed E-state index contributed by atoms with van der Waals surface area (Å²) >= 11 is 1.32. The Morgan fingerprint density at radius 3 is 3.12 bits per heavy atom. The largest absolute Gasteiger partial charge is 0.430 e. The van der Waals surface area contributed by atoms with Gasteiger partial charge in [0.2, 0.25) is 5.91 Å². The minimum atomic E-state index is -0.0133. The first-order valence-corrected chi connectivity index (χ1v) is 5.78. The van der Waals surface area contributed by atoms with Crippen molar-refractivity contribution in [3.63, 3.8) is 0 Å². The second kappa shape index (κ2) is 4.49. The molecule has 0 aliphatic rings. The average molecular weight is 236 g/mol. The summed E-state index contributed by atoms with van der Waals surface area (Å²) in [4.78, 5) is 10.9. The summed E-state index contributed by atoms with van der Waals surface area (Å²) in [5, 5.41) is 10.1. The first-order valence-electron chi connectivity index (χ1n) is 4.97. The molecule has 0 unspecified atom stereocenters. The zero-order chi connectivity index (χ0) is 11.5. The number of fused-ring (bicyclic) bond motifs is 1. The molecule has 0 radical (unpaired) electrons. The minimum absolute atomic E-state index is 0.0133. The number of carbonyl (C=O) groups is 1. The molecule has 0 fully saturated rings. The standard InChI is InChI=1S/C11H12N2O2S/c1-7(14)13-5-4-8-2-3-9-10(6-8)16-11(12)15-9/h2-3,6,12H,4-5H2,1H3,(H,13,14). The van der Waals surface area contributed by atoms with Crippen LogP contribution in [0.5, 0.6) is 0 Å². The van der Waals surface area contributed by atoms with Crippen LogP contribution in [-0.4, -0.2) is 12.5 Å². The van der Waals surface area contributed by atoms with E-state index in [1.54, 1.807) is 0 Å². The summed E-state index contributed by atoms with van der Waals surface area (Å²) in [6.07, 6.45) is 0.792. The number of benzene rings is 1. The Kier molecular flexibility index (Phi) is 3.05. The number of hydrogen-bond donors (Lipinski definition) is 2. The Bertz CT molecular complexity index is 571. The van der Waals surface area contributed by atoms with Crippen molar-refractivity contribution in [1.82, 2.24) is 5.32 Å². The molecule has 1 amide bonds. The Morgan fingerprint density at radius 1 is 1.56 bits per heavy atom. The molecular weight excluding hydrogens is 224 g/mol. The van der Waals surface area contributed by atoms with Crippen LogP contribution in [0.1, 0.15) is 12.5 Å². The van der Waals surface area contributed by atoms with Crippen LogP contribution in [0.15, 0.2) is 22.6 Å². The van der Waals surface area contributed by atoms with Gasteiger partial charge in [-0.3, -0.25) is 10.2 Å². The van der Waals surface area contributed by atoms with Gasteiger partial charge < -0.3 is 9.73 Å². The molecule has 4 nitrogen and oxygen atoms in total. The van der Waals surface area contributed by atoms with Gasteiger partial charge in [-0.1, -0.05) is 17.4 Å². The highest BCUT2D eigenvalue weighted by Gasteiger charge is 2.01. The maximum absolute atomic E-state index is 10.7. The van der Waals surface area contributed by atoms with Gasteiger partial charge >= 0.3 is 0 Å². The van der Waals surface area contributed by atoms with Gasteiger partial charge in [-0.25, -0.2) is 0 Å². The van der Waals surface area contributed by atoms with E-state index in [9.17, 15) is 4.79 Å². The molecule has 0 spiro atoms. The van der Waals surface area contributed by atoms with Crippen molar-refractivity contribution >= 4 is 27.5 Å². The highest BCUT2D eigenvalue weighted by atomic mass is 32.1. The van der Waals surface area contributed by atoms with Gasteiger partial charge in [-0.15, -0.1) is 0 Å². The molecule has 1 aromatic heterocycles. The van der Waals surface area contributed by atoms with E-state index in [0.29, 0.717) is 6.54 Å². The third-order valence-corrected chi connectivity index (χ3v) is 3.01. The van der Waals surface area contributed by atoms with E-state index in [2.05, 4.69) is 5.32 Å². The lowest BCUT2D eigenvalue weighted by molar-refractivity contribution is -0.118. The van der Waals surface area contributed by atoms with Crippen LogP contribution < -0.4 is 10.2 Å². The molecule has 1 heterocycles. The van der Waals surface area contributed by atoms with Gasteiger partial charge in [0.05, 0.1) is 4.70 Å². The van der Waals surface area contributed by atoms with Gasteiger partial charge in [-0.2, -0.15) is 0 Å². The van der Waals surface area contributed by atoms with E-state index in [0.717, 1.165) is 22.3 Å². The van der Waals surface area contributed by atoms with Crippen LogP contribution in [-0.2, 0) is 11.2 Å². The van der Waals surface area contributed by atoms with E-state index in [4.69, 9.17) is 9.83 Å². The van der Waals surface area contributed by atoms with Crippen LogP contribution in [0.4, 0.5) is 0 Å². The van der Waals surface area contributed by atoms with Crippen LogP contribution in [0, 0.1) is 5.41 Å². The predicted octanol–water partition coefficient (Wildman–Crippen LogP) is 1.65. The summed E-state index contributed by atoms with van der Waals surface area (Å²) in [5.41, 5.74) is 1.89. The molecular formula is C11H12N2O2S. The van der Waals surface area contributed by atoms with E-state index < -0.39 is 0 Å². The van der Waals surface area contributed by atoms with Crippen LogP contribution in [0.2, 0.25) is 0 Å². The quantitative estimate of drug-likeness (QED) is 0.851. The molecule has 2 N–H and O–H groups in total. The number of nitrogens with one attached hydrogen (secondary N) is 2. The molecule has 0 saturated carbocycles. The topological polar surface area (TPSA) is 66.1 Å². The lowest BCUT2D eigenvalue weighted by Crippen LogP contribution is -2.22. The normalized spacial score (nSPS) is 10.6. The van der Waals surface area contributed by atoms with Gasteiger partial charge in [0.25, 0.3) is 4.87 Å². The number of amides is 1. The summed E-state index contributed by atoms with van der Waals surface area (Å²) in [5.74, 6) is -0.0133. The SMILES string of the molecule is CC(=O)NCCc1ccc2oc(=N)sc2c1. The first kappa shape index (κ1) is 10.9. The molecule has 16 heavy (non-hydrogen) atoms. The molecule has 2 rings (SSSR count). The highest BCUT2D eigenvalue weighted by Crippen LogP contribution is 2.18. The molecule has 0 bridgehead atoms. The van der Waals surface area contributed by atoms with Gasteiger partial charge in [-0.05, 0) is 24.1 Å². The molecule has 84 valence electrons. The minimum Gasteiger partial charge on any atom is -0.430 e. The fourth-order valence-corrected chi connectivity index (χ4v) is 2.23. The molecule has 5 heteroatoms. The first-order chi connectivity index (χ1) is 7.65. The van der Waals surface area contributed by atoms with E-state index in [1.807, 2.05) is 18.2 Å². The van der Waals surface area contributed by atoms with Crippen molar-refractivity contribution in [1.29, 1.82) is 5.41 Å². The zero-order valence-corrected chi connectivity index (χ0v) is 9.69. The zero-order valence-electron chi connectivity index (χ0n) is 8.87. The fourth-order valence-electron chi connectivity index (χ4n) is 1.48. The van der Waals surface area contributed by atoms with Crippen molar-refractivity contribution in [2.75, 3.05) is 6.54 Å². The molecule has 0 saturated heterocycles. The monoisotopic (exact) mass is 236 g/mol. The van der Waals surface area contributed by atoms with E-state index >= 15 is 0 Å². The van der Waals surface area contributed by atoms with Crippen LogP contribution in [0.25, 0.3) is 10.3 Å². The van der Waals surface area contributed by atoms with Crippen molar-refractivity contribution in [2.24, 2.45) is 0 Å². The molecule has 0 aliphatic carbocycles. The van der Waals surface area contributed by atoms with Crippen LogP contribution >= 0.6 is 11.3 Å². The maximum Gasteiger partial charge on any atom is 0.271 e. The molecule has 1 aromatic carbocycles. The highest BCUT2D eigenvalue weighted by molar-refractivity contribution is 7.16. The predicted molar refractivity (Wildman–Crippen MR) is 62.3 cm³/mol. The number of rotatable bonds is 3. The van der Waals surface area contributed by atoms with Gasteiger partial charge in [0.1, 0.15) is 5.58 Å². The second-order valence-electron chi connectivity index (χ2n) is 3.51. The lowest BCUT2D eigenvalue weighted by Gasteiger charge is -2.01. The van der Waals surface area contributed by atoms with Gasteiger partial charge in [0, 0.05) is 13.5 Å². The van der Waals surface area contributed by atoms with Crippen molar-refractivity contribution < 1.29 is 9.21 Å². The Hall–Kier alpha value is -1.62. The Labute approximate surface area is 96.4 Å². The van der Waals surface area contributed by atoms with E-state index in [-0.39, 0.29) is 10.8 Å². The molecule has 0 aliphatic heterocycles. The maximum atomic E-state index is 10.7. The average Bonchev–Trinajstić information content (AvgIpc) is 2.56. The Morgan fingerprint density at radius 2 is 2.38 bits per heavy atom. The third-order valence-electron chi connectivity index (χ3n) is 2.20. The summed E-state index contributed by atoms with van der Waals surface area (Å²) in [6, 6.07) is 5.83. The third kappa shape index (κ3) is 2.49. The number of hydrogen-bond acceptors (Lipinski definition) is 4. The summed E-state index contributed by atoms with van der Waals surface area (Å²) in [6.45, 7) is 2.14. The molecule has 2 aromatic rings. The van der Waals surface area contributed by atoms with Crippen molar-refractivity contribution in [2.45, 2.75) is 13.3 Å².